The van der Waals surface area contributed by atoms with Gasteiger partial charge in [-0.3, -0.25) is 0 Å². The third-order valence-electron chi connectivity index (χ3n) is 5.63. The predicted molar refractivity (Wildman–Crippen MR) is 129 cm³/mol. The van der Waals surface area contributed by atoms with Crippen LogP contribution < -0.4 is 20.3 Å². The second kappa shape index (κ2) is 10.3. The Morgan fingerprint density at radius 2 is 1.79 bits per heavy atom. The van der Waals surface area contributed by atoms with Crippen LogP contribution in [0.15, 0.2) is 48.7 Å². The van der Waals surface area contributed by atoms with Crippen molar-refractivity contribution < 1.29 is 18.7 Å². The molecule has 0 radical (unpaired) electrons. The first-order valence-electron chi connectivity index (χ1n) is 10.8. The number of carbonyl (C=O) groups excluding carboxylic acids is 1. The number of piperazine rings is 1. The van der Waals surface area contributed by atoms with Crippen LogP contribution in [0.3, 0.4) is 0 Å². The molecule has 0 bridgehead atoms. The number of aromatic nitrogens is 2. The number of rotatable bonds is 7. The Kier molecular flexibility index (Phi) is 7.07. The summed E-state index contributed by atoms with van der Waals surface area (Å²) in [5, 5.41) is 5.95. The van der Waals surface area contributed by atoms with Crippen molar-refractivity contribution >= 4 is 34.8 Å². The van der Waals surface area contributed by atoms with E-state index in [4.69, 9.17) is 9.47 Å². The molecule has 1 aliphatic rings. The highest BCUT2D eigenvalue weighted by Gasteiger charge is 2.17. The maximum Gasteiger partial charge on any atom is 0.339 e. The summed E-state index contributed by atoms with van der Waals surface area (Å²) in [6.07, 6.45) is 1.06. The predicted octanol–water partition coefficient (Wildman–Crippen LogP) is 3.65. The molecule has 2 N–H and O–H groups in total. The van der Waals surface area contributed by atoms with Gasteiger partial charge in [0.25, 0.3) is 0 Å². The number of carbonyl (C=O) groups is 1. The van der Waals surface area contributed by atoms with E-state index in [0.717, 1.165) is 38.1 Å². The van der Waals surface area contributed by atoms with Crippen molar-refractivity contribution in [2.24, 2.45) is 0 Å². The molecule has 0 aliphatic carbocycles. The Morgan fingerprint density at radius 1 is 1.03 bits per heavy atom. The number of nitrogens with zero attached hydrogens (tertiary/aromatic N) is 4. The largest absolute Gasteiger partial charge is 0.494 e. The van der Waals surface area contributed by atoms with Crippen molar-refractivity contribution in [2.75, 3.05) is 63.0 Å². The van der Waals surface area contributed by atoms with Crippen LogP contribution >= 0.6 is 0 Å². The van der Waals surface area contributed by atoms with Crippen LogP contribution in [0.2, 0.25) is 0 Å². The summed E-state index contributed by atoms with van der Waals surface area (Å²) in [5.41, 5.74) is 2.34. The number of hydrogen-bond acceptors (Lipinski definition) is 9. The number of ether oxygens (including phenoxy) is 2. The molecule has 10 heteroatoms. The van der Waals surface area contributed by atoms with Gasteiger partial charge in [0.15, 0.2) is 11.6 Å². The van der Waals surface area contributed by atoms with E-state index in [1.165, 1.54) is 7.11 Å². The number of methoxy groups -OCH3 is 2. The summed E-state index contributed by atoms with van der Waals surface area (Å²) >= 11 is 0. The number of hydrogen-bond donors (Lipinski definition) is 2. The van der Waals surface area contributed by atoms with Crippen molar-refractivity contribution in [3.05, 3.63) is 60.0 Å². The molecule has 0 spiro atoms. The zero-order valence-electron chi connectivity index (χ0n) is 19.3. The minimum Gasteiger partial charge on any atom is -0.494 e. The highest BCUT2D eigenvalue weighted by atomic mass is 19.1. The van der Waals surface area contributed by atoms with Gasteiger partial charge in [-0.1, -0.05) is 12.1 Å². The molecule has 0 atom stereocenters. The average molecular weight is 467 g/mol. The zero-order chi connectivity index (χ0) is 24.1. The topological polar surface area (TPSA) is 91.8 Å². The molecule has 178 valence electrons. The minimum absolute atomic E-state index is 0.0816. The minimum atomic E-state index is -0.664. The maximum absolute atomic E-state index is 14.5. The Morgan fingerprint density at radius 3 is 2.53 bits per heavy atom. The van der Waals surface area contributed by atoms with Crippen LogP contribution in [0.25, 0.3) is 0 Å². The number of esters is 1. The molecule has 3 aromatic rings. The van der Waals surface area contributed by atoms with E-state index in [1.54, 1.807) is 31.4 Å². The molecule has 0 amide bonds. The van der Waals surface area contributed by atoms with Crippen molar-refractivity contribution in [3.63, 3.8) is 0 Å². The third-order valence-corrected chi connectivity index (χ3v) is 5.63. The van der Waals surface area contributed by atoms with Crippen LogP contribution in [0.1, 0.15) is 10.4 Å². The molecule has 0 unspecified atom stereocenters. The lowest BCUT2D eigenvalue weighted by atomic mass is 10.2. The molecule has 1 saturated heterocycles. The van der Waals surface area contributed by atoms with Crippen molar-refractivity contribution in [1.82, 2.24) is 14.9 Å². The van der Waals surface area contributed by atoms with E-state index < -0.39 is 11.8 Å². The highest BCUT2D eigenvalue weighted by Crippen LogP contribution is 2.32. The fourth-order valence-electron chi connectivity index (χ4n) is 3.69. The summed E-state index contributed by atoms with van der Waals surface area (Å²) in [4.78, 5) is 24.9. The first kappa shape index (κ1) is 23.2. The Hall–Kier alpha value is -3.92. The summed E-state index contributed by atoms with van der Waals surface area (Å²) in [6.45, 7) is 3.88. The van der Waals surface area contributed by atoms with E-state index in [1.807, 2.05) is 18.2 Å². The van der Waals surface area contributed by atoms with Gasteiger partial charge in [-0.2, -0.15) is 4.98 Å². The van der Waals surface area contributed by atoms with Gasteiger partial charge in [0.1, 0.15) is 5.75 Å². The smallest absolute Gasteiger partial charge is 0.339 e. The summed E-state index contributed by atoms with van der Waals surface area (Å²) in [6, 6.07) is 12.5. The van der Waals surface area contributed by atoms with Gasteiger partial charge in [0, 0.05) is 37.9 Å². The molecule has 2 heterocycles. The molecule has 2 aromatic carbocycles. The van der Waals surface area contributed by atoms with Gasteiger partial charge in [-0.15, -0.1) is 0 Å². The highest BCUT2D eigenvalue weighted by molar-refractivity contribution is 5.96. The van der Waals surface area contributed by atoms with E-state index in [2.05, 4.69) is 37.4 Å². The van der Waals surface area contributed by atoms with Crippen molar-refractivity contribution in [3.8, 4) is 5.75 Å². The molecule has 9 nitrogen and oxygen atoms in total. The molecule has 1 aliphatic heterocycles. The van der Waals surface area contributed by atoms with Crippen LogP contribution in [-0.2, 0) is 4.74 Å². The molecule has 1 aromatic heterocycles. The molecular weight excluding hydrogens is 439 g/mol. The molecule has 1 fully saturated rings. The maximum atomic E-state index is 14.5. The molecule has 4 rings (SSSR count). The fraction of sp³-hybridized carbons (Fsp3) is 0.292. The van der Waals surface area contributed by atoms with Gasteiger partial charge in [0.05, 0.1) is 37.4 Å². The van der Waals surface area contributed by atoms with Crippen molar-refractivity contribution in [1.29, 1.82) is 0 Å². The number of halogens is 1. The van der Waals surface area contributed by atoms with Crippen molar-refractivity contribution in [2.45, 2.75) is 0 Å². The van der Waals surface area contributed by atoms with E-state index in [9.17, 15) is 9.18 Å². The third kappa shape index (κ3) is 5.18. The first-order chi connectivity index (χ1) is 16.5. The summed E-state index contributed by atoms with van der Waals surface area (Å²) in [5.74, 6) is -0.495. The Bertz CT molecular complexity index is 1170. The van der Waals surface area contributed by atoms with E-state index in [0.29, 0.717) is 17.1 Å². The fourth-order valence-corrected chi connectivity index (χ4v) is 3.69. The number of anilines is 5. The number of benzene rings is 2. The average Bonchev–Trinajstić information content (AvgIpc) is 2.86. The quantitative estimate of drug-likeness (QED) is 0.506. The molecular formula is C24H27FN6O3. The SMILES string of the molecule is COC(=O)c1ccccc1Nc1nc(Nc2ccc(N3CCN(C)CC3)cc2OC)ncc1F. The van der Waals surface area contributed by atoms with Gasteiger partial charge < -0.3 is 29.9 Å². The lowest BCUT2D eigenvalue weighted by Crippen LogP contribution is -2.44. The van der Waals surface area contributed by atoms with Gasteiger partial charge in [0.2, 0.25) is 5.95 Å². The number of nitrogens with one attached hydrogen (secondary N) is 2. The second-order valence-corrected chi connectivity index (χ2v) is 7.85. The zero-order valence-corrected chi connectivity index (χ0v) is 19.3. The lowest BCUT2D eigenvalue weighted by molar-refractivity contribution is 0.0602. The van der Waals surface area contributed by atoms with Gasteiger partial charge in [-0.05, 0) is 31.3 Å². The standard InChI is InChI=1S/C24H27FN6O3/c1-30-10-12-31(13-11-30)16-8-9-20(21(14-16)33-2)28-24-26-15-18(25)22(29-24)27-19-7-5-4-6-17(19)23(32)34-3/h4-9,14-15H,10-13H2,1-3H3,(H2,26,27,28,29). The van der Waals surface area contributed by atoms with E-state index >= 15 is 0 Å². The second-order valence-electron chi connectivity index (χ2n) is 7.85. The van der Waals surface area contributed by atoms with Crippen LogP contribution in [0.5, 0.6) is 5.75 Å². The van der Waals surface area contributed by atoms with Crippen LogP contribution in [-0.4, -0.2) is 68.3 Å². The van der Waals surface area contributed by atoms with Gasteiger partial charge in [-0.25, -0.2) is 14.2 Å². The lowest BCUT2D eigenvalue weighted by Gasteiger charge is -2.34. The monoisotopic (exact) mass is 466 g/mol. The normalized spacial score (nSPS) is 13.9. The molecule has 0 saturated carbocycles. The van der Waals surface area contributed by atoms with Crippen LogP contribution in [0.4, 0.5) is 33.2 Å². The van der Waals surface area contributed by atoms with Gasteiger partial charge >= 0.3 is 5.97 Å². The number of likely N-dealkylation sites (N-methyl/N-ethyl adjacent to an activating group) is 1. The number of para-hydroxylation sites is 1. The molecule has 34 heavy (non-hydrogen) atoms. The summed E-state index contributed by atoms with van der Waals surface area (Å²) < 4.78 is 24.8. The van der Waals surface area contributed by atoms with E-state index in [-0.39, 0.29) is 17.3 Å². The Labute approximate surface area is 197 Å². The van der Waals surface area contributed by atoms with Crippen LogP contribution in [0, 0.1) is 5.82 Å². The Balaban J connectivity index is 1.55. The first-order valence-corrected chi connectivity index (χ1v) is 10.8. The summed E-state index contributed by atoms with van der Waals surface area (Å²) in [7, 11) is 5.00.